The van der Waals surface area contributed by atoms with Crippen LogP contribution in [0, 0.1) is 5.92 Å². The SMILES string of the molecule is CC(C)COCCOc1cc(C(=O)O)ccc1Br. The maximum absolute atomic E-state index is 10.8. The van der Waals surface area contributed by atoms with Gasteiger partial charge in [-0.25, -0.2) is 4.79 Å². The van der Waals surface area contributed by atoms with Crippen molar-refractivity contribution in [3.63, 3.8) is 0 Å². The molecule has 0 saturated carbocycles. The van der Waals surface area contributed by atoms with Gasteiger partial charge in [-0.15, -0.1) is 0 Å². The lowest BCUT2D eigenvalue weighted by Crippen LogP contribution is -2.10. The van der Waals surface area contributed by atoms with Crippen LogP contribution in [-0.2, 0) is 4.74 Å². The average Bonchev–Trinajstić information content (AvgIpc) is 2.30. The van der Waals surface area contributed by atoms with E-state index in [1.54, 1.807) is 6.07 Å². The molecule has 4 nitrogen and oxygen atoms in total. The fourth-order valence-corrected chi connectivity index (χ4v) is 1.64. The number of carbonyl (C=O) groups is 1. The van der Waals surface area contributed by atoms with Crippen molar-refractivity contribution >= 4 is 21.9 Å². The van der Waals surface area contributed by atoms with Crippen LogP contribution in [0.2, 0.25) is 0 Å². The van der Waals surface area contributed by atoms with Crippen LogP contribution in [0.15, 0.2) is 22.7 Å². The zero-order valence-electron chi connectivity index (χ0n) is 10.5. The maximum atomic E-state index is 10.8. The van der Waals surface area contributed by atoms with Crippen molar-refractivity contribution in [1.82, 2.24) is 0 Å². The third-order valence-electron chi connectivity index (χ3n) is 2.11. The third-order valence-corrected chi connectivity index (χ3v) is 2.77. The second-order valence-corrected chi connectivity index (χ2v) is 5.12. The third kappa shape index (κ3) is 5.06. The minimum absolute atomic E-state index is 0.205. The molecule has 0 spiro atoms. The molecule has 0 aliphatic carbocycles. The maximum Gasteiger partial charge on any atom is 0.335 e. The molecular weight excluding hydrogens is 300 g/mol. The standard InChI is InChI=1S/C13H17BrO4/c1-9(2)8-17-5-6-18-12-7-10(13(15)16)3-4-11(12)14/h3-4,7,9H,5-6,8H2,1-2H3,(H,15,16). The van der Waals surface area contributed by atoms with E-state index < -0.39 is 5.97 Å². The van der Waals surface area contributed by atoms with Crippen molar-refractivity contribution in [2.75, 3.05) is 19.8 Å². The Bertz CT molecular complexity index is 404. The molecule has 5 heteroatoms. The first-order valence-electron chi connectivity index (χ1n) is 5.74. The minimum Gasteiger partial charge on any atom is -0.490 e. The number of hydrogen-bond acceptors (Lipinski definition) is 3. The summed E-state index contributed by atoms with van der Waals surface area (Å²) in [6.45, 7) is 5.73. The number of carboxylic acids is 1. The molecule has 1 aromatic rings. The zero-order valence-corrected chi connectivity index (χ0v) is 12.1. The van der Waals surface area contributed by atoms with Gasteiger partial charge >= 0.3 is 5.97 Å². The van der Waals surface area contributed by atoms with Crippen LogP contribution < -0.4 is 4.74 Å². The van der Waals surface area contributed by atoms with Gasteiger partial charge < -0.3 is 14.6 Å². The molecule has 0 aliphatic heterocycles. The van der Waals surface area contributed by atoms with Crippen LogP contribution in [0.1, 0.15) is 24.2 Å². The summed E-state index contributed by atoms with van der Waals surface area (Å²) < 4.78 is 11.6. The van der Waals surface area contributed by atoms with Crippen LogP contribution >= 0.6 is 15.9 Å². The first kappa shape index (κ1) is 15.0. The molecule has 0 heterocycles. The van der Waals surface area contributed by atoms with E-state index in [-0.39, 0.29) is 5.56 Å². The summed E-state index contributed by atoms with van der Waals surface area (Å²) in [4.78, 5) is 10.8. The molecule has 1 aromatic carbocycles. The summed E-state index contributed by atoms with van der Waals surface area (Å²) >= 11 is 3.31. The Morgan fingerprint density at radius 3 is 2.72 bits per heavy atom. The summed E-state index contributed by atoms with van der Waals surface area (Å²) in [6, 6.07) is 4.68. The van der Waals surface area contributed by atoms with Gasteiger partial charge in [0.2, 0.25) is 0 Å². The number of ether oxygens (including phenoxy) is 2. The van der Waals surface area contributed by atoms with Crippen LogP contribution in [0.25, 0.3) is 0 Å². The monoisotopic (exact) mass is 316 g/mol. The second-order valence-electron chi connectivity index (χ2n) is 4.27. The van der Waals surface area contributed by atoms with Crippen molar-refractivity contribution in [2.24, 2.45) is 5.92 Å². The van der Waals surface area contributed by atoms with E-state index in [1.165, 1.54) is 12.1 Å². The highest BCUT2D eigenvalue weighted by Crippen LogP contribution is 2.26. The Kier molecular flexibility index (Phi) is 6.15. The molecule has 0 amide bonds. The highest BCUT2D eigenvalue weighted by atomic mass is 79.9. The van der Waals surface area contributed by atoms with Gasteiger partial charge in [0.15, 0.2) is 0 Å². The van der Waals surface area contributed by atoms with Crippen molar-refractivity contribution in [2.45, 2.75) is 13.8 Å². The molecule has 0 atom stereocenters. The van der Waals surface area contributed by atoms with Gasteiger partial charge in [0.1, 0.15) is 12.4 Å². The first-order valence-corrected chi connectivity index (χ1v) is 6.53. The first-order chi connectivity index (χ1) is 8.50. The van der Waals surface area contributed by atoms with Gasteiger partial charge in [0, 0.05) is 6.61 Å². The van der Waals surface area contributed by atoms with E-state index in [0.29, 0.717) is 31.5 Å². The Hall–Kier alpha value is -1.07. The van der Waals surface area contributed by atoms with Gasteiger partial charge in [0.05, 0.1) is 16.6 Å². The van der Waals surface area contributed by atoms with Crippen LogP contribution in [-0.4, -0.2) is 30.9 Å². The molecule has 0 saturated heterocycles. The molecular formula is C13H17BrO4. The van der Waals surface area contributed by atoms with E-state index in [2.05, 4.69) is 29.8 Å². The smallest absolute Gasteiger partial charge is 0.335 e. The fraction of sp³-hybridized carbons (Fsp3) is 0.462. The molecule has 0 radical (unpaired) electrons. The number of aromatic carboxylic acids is 1. The lowest BCUT2D eigenvalue weighted by molar-refractivity contribution is 0.0695. The predicted octanol–water partition coefficient (Wildman–Crippen LogP) is 3.20. The highest BCUT2D eigenvalue weighted by molar-refractivity contribution is 9.10. The van der Waals surface area contributed by atoms with Crippen molar-refractivity contribution in [3.8, 4) is 5.75 Å². The van der Waals surface area contributed by atoms with Crippen LogP contribution in [0.4, 0.5) is 0 Å². The lowest BCUT2D eigenvalue weighted by atomic mass is 10.2. The lowest BCUT2D eigenvalue weighted by Gasteiger charge is -2.10. The number of benzene rings is 1. The van der Waals surface area contributed by atoms with Crippen LogP contribution in [0.3, 0.4) is 0 Å². The number of hydrogen-bond donors (Lipinski definition) is 1. The van der Waals surface area contributed by atoms with Crippen molar-refractivity contribution < 1.29 is 19.4 Å². The number of carboxylic acid groups (broad SMARTS) is 1. The predicted molar refractivity (Wildman–Crippen MR) is 72.3 cm³/mol. The van der Waals surface area contributed by atoms with E-state index >= 15 is 0 Å². The highest BCUT2D eigenvalue weighted by Gasteiger charge is 2.07. The molecule has 0 aliphatic rings. The quantitative estimate of drug-likeness (QED) is 0.785. The molecule has 0 unspecified atom stereocenters. The topological polar surface area (TPSA) is 55.8 Å². The van der Waals surface area contributed by atoms with Gasteiger partial charge in [-0.05, 0) is 40.0 Å². The molecule has 0 bridgehead atoms. The largest absolute Gasteiger partial charge is 0.490 e. The summed E-state index contributed by atoms with van der Waals surface area (Å²) in [7, 11) is 0. The van der Waals surface area contributed by atoms with Gasteiger partial charge in [0.25, 0.3) is 0 Å². The molecule has 0 fully saturated rings. The average molecular weight is 317 g/mol. The molecule has 100 valence electrons. The minimum atomic E-state index is -0.969. The normalized spacial score (nSPS) is 10.7. The zero-order chi connectivity index (χ0) is 13.5. The molecule has 1 N–H and O–H groups in total. The summed E-state index contributed by atoms with van der Waals surface area (Å²) in [5.74, 6) is 0.0403. The van der Waals surface area contributed by atoms with Gasteiger partial charge in [-0.1, -0.05) is 13.8 Å². The van der Waals surface area contributed by atoms with Crippen molar-refractivity contribution in [3.05, 3.63) is 28.2 Å². The Balaban J connectivity index is 2.46. The Morgan fingerprint density at radius 1 is 1.39 bits per heavy atom. The molecule has 0 aromatic heterocycles. The summed E-state index contributed by atoms with van der Waals surface area (Å²) in [5.41, 5.74) is 0.205. The van der Waals surface area contributed by atoms with Crippen LogP contribution in [0.5, 0.6) is 5.75 Å². The fourth-order valence-electron chi connectivity index (χ4n) is 1.28. The van der Waals surface area contributed by atoms with E-state index in [1.807, 2.05) is 0 Å². The Labute approximate surface area is 115 Å². The van der Waals surface area contributed by atoms with E-state index in [9.17, 15) is 4.79 Å². The number of rotatable bonds is 7. The summed E-state index contributed by atoms with van der Waals surface area (Å²) in [6.07, 6.45) is 0. The van der Waals surface area contributed by atoms with E-state index in [0.717, 1.165) is 4.47 Å². The molecule has 1 rings (SSSR count). The number of halogens is 1. The second kappa shape index (κ2) is 7.38. The van der Waals surface area contributed by atoms with Gasteiger partial charge in [-0.3, -0.25) is 0 Å². The Morgan fingerprint density at radius 2 is 2.11 bits per heavy atom. The van der Waals surface area contributed by atoms with Crippen molar-refractivity contribution in [1.29, 1.82) is 0 Å². The van der Waals surface area contributed by atoms with Gasteiger partial charge in [-0.2, -0.15) is 0 Å². The van der Waals surface area contributed by atoms with E-state index in [4.69, 9.17) is 14.6 Å². The summed E-state index contributed by atoms with van der Waals surface area (Å²) in [5, 5.41) is 8.88. The molecule has 18 heavy (non-hydrogen) atoms.